The molecule has 0 radical (unpaired) electrons. The summed E-state index contributed by atoms with van der Waals surface area (Å²) in [5, 5.41) is 3.81. The summed E-state index contributed by atoms with van der Waals surface area (Å²) in [5.74, 6) is 2.41. The van der Waals surface area contributed by atoms with Crippen molar-refractivity contribution in [3.05, 3.63) is 34.6 Å². The van der Waals surface area contributed by atoms with Gasteiger partial charge in [0, 0.05) is 12.6 Å². The topological polar surface area (TPSA) is 12.0 Å². The number of halogens is 2. The van der Waals surface area contributed by atoms with Crippen molar-refractivity contribution in [1.82, 2.24) is 5.32 Å². The number of fused-ring (bicyclic) bond motifs is 2. The first-order valence-electron chi connectivity index (χ1n) is 7.31. The SMILES string of the molecule is CC(NCc1ccc(F)c(Cl)c1)C1CC2CCC1C2. The molecule has 1 N–H and O–H groups in total. The maximum atomic E-state index is 13.1. The fourth-order valence-electron chi connectivity index (χ4n) is 3.99. The second kappa shape index (κ2) is 5.41. The fourth-order valence-corrected chi connectivity index (χ4v) is 4.19. The van der Waals surface area contributed by atoms with Gasteiger partial charge in [-0.25, -0.2) is 4.39 Å². The highest BCUT2D eigenvalue weighted by Crippen LogP contribution is 2.49. The van der Waals surface area contributed by atoms with Gasteiger partial charge in [0.25, 0.3) is 0 Å². The van der Waals surface area contributed by atoms with Gasteiger partial charge in [0.05, 0.1) is 5.02 Å². The second-order valence-electron chi connectivity index (χ2n) is 6.26. The Kier molecular flexibility index (Phi) is 3.81. The molecule has 3 rings (SSSR count). The van der Waals surface area contributed by atoms with E-state index in [9.17, 15) is 4.39 Å². The number of hydrogen-bond acceptors (Lipinski definition) is 1. The van der Waals surface area contributed by atoms with E-state index in [4.69, 9.17) is 11.6 Å². The van der Waals surface area contributed by atoms with Crippen molar-refractivity contribution >= 4 is 11.6 Å². The van der Waals surface area contributed by atoms with Gasteiger partial charge >= 0.3 is 0 Å². The van der Waals surface area contributed by atoms with Crippen molar-refractivity contribution < 1.29 is 4.39 Å². The zero-order chi connectivity index (χ0) is 13.4. The van der Waals surface area contributed by atoms with E-state index in [1.54, 1.807) is 6.07 Å². The lowest BCUT2D eigenvalue weighted by Gasteiger charge is -2.28. The molecular formula is C16H21ClFN. The molecule has 0 saturated heterocycles. The van der Waals surface area contributed by atoms with Crippen molar-refractivity contribution in [2.75, 3.05) is 0 Å². The Morgan fingerprint density at radius 2 is 2.21 bits per heavy atom. The third-order valence-electron chi connectivity index (χ3n) is 5.05. The van der Waals surface area contributed by atoms with E-state index in [0.29, 0.717) is 6.04 Å². The molecule has 3 heteroatoms. The number of hydrogen-bond donors (Lipinski definition) is 1. The van der Waals surface area contributed by atoms with Gasteiger partial charge < -0.3 is 5.32 Å². The molecule has 2 fully saturated rings. The molecule has 2 saturated carbocycles. The summed E-state index contributed by atoms with van der Waals surface area (Å²) in [6.07, 6.45) is 5.70. The van der Waals surface area contributed by atoms with Gasteiger partial charge in [0.1, 0.15) is 5.82 Å². The van der Waals surface area contributed by atoms with E-state index >= 15 is 0 Å². The lowest BCUT2D eigenvalue weighted by molar-refractivity contribution is 0.259. The van der Waals surface area contributed by atoms with Crippen LogP contribution >= 0.6 is 11.6 Å². The fraction of sp³-hybridized carbons (Fsp3) is 0.625. The Hall–Kier alpha value is -0.600. The third-order valence-corrected chi connectivity index (χ3v) is 5.34. The Labute approximate surface area is 119 Å². The van der Waals surface area contributed by atoms with Crippen LogP contribution in [0.25, 0.3) is 0 Å². The van der Waals surface area contributed by atoms with Crippen LogP contribution in [0.2, 0.25) is 5.02 Å². The Balaban J connectivity index is 1.55. The van der Waals surface area contributed by atoms with Crippen LogP contribution in [0.5, 0.6) is 0 Å². The summed E-state index contributed by atoms with van der Waals surface area (Å²) >= 11 is 5.80. The normalized spacial score (nSPS) is 30.8. The third kappa shape index (κ3) is 2.80. The van der Waals surface area contributed by atoms with Crippen molar-refractivity contribution in [2.24, 2.45) is 17.8 Å². The first kappa shape index (κ1) is 13.4. The van der Waals surface area contributed by atoms with E-state index in [0.717, 1.165) is 29.9 Å². The van der Waals surface area contributed by atoms with Crippen molar-refractivity contribution in [3.63, 3.8) is 0 Å². The standard InChI is InChI=1S/C16H21ClFN/c1-10(14-7-11-2-4-13(14)6-11)19-9-12-3-5-16(18)15(17)8-12/h3,5,8,10-11,13-14,19H,2,4,6-7,9H2,1H3. The molecule has 0 aliphatic heterocycles. The molecule has 2 aliphatic rings. The van der Waals surface area contributed by atoms with E-state index in [-0.39, 0.29) is 10.8 Å². The quantitative estimate of drug-likeness (QED) is 0.863. The summed E-state index contributed by atoms with van der Waals surface area (Å²) < 4.78 is 13.1. The lowest BCUT2D eigenvalue weighted by Crippen LogP contribution is -2.35. The van der Waals surface area contributed by atoms with Gasteiger partial charge in [-0.3, -0.25) is 0 Å². The Morgan fingerprint density at radius 3 is 2.84 bits per heavy atom. The molecule has 0 amide bonds. The minimum Gasteiger partial charge on any atom is -0.310 e. The summed E-state index contributed by atoms with van der Waals surface area (Å²) in [6, 6.07) is 5.51. The van der Waals surface area contributed by atoms with Gasteiger partial charge in [0.2, 0.25) is 0 Å². The molecule has 4 atom stereocenters. The first-order valence-corrected chi connectivity index (χ1v) is 7.68. The van der Waals surface area contributed by atoms with Crippen LogP contribution in [-0.2, 0) is 6.54 Å². The molecule has 104 valence electrons. The predicted octanol–water partition coefficient (Wildman–Crippen LogP) is 4.39. The van der Waals surface area contributed by atoms with Crippen LogP contribution in [0, 0.1) is 23.6 Å². The van der Waals surface area contributed by atoms with Crippen LogP contribution in [0.15, 0.2) is 18.2 Å². The number of nitrogens with one attached hydrogen (secondary N) is 1. The van der Waals surface area contributed by atoms with Crippen LogP contribution < -0.4 is 5.32 Å². The average molecular weight is 282 g/mol. The van der Waals surface area contributed by atoms with Crippen LogP contribution in [-0.4, -0.2) is 6.04 Å². The van der Waals surface area contributed by atoms with E-state index < -0.39 is 0 Å². The molecule has 1 aromatic rings. The maximum absolute atomic E-state index is 13.1. The minimum absolute atomic E-state index is 0.215. The highest BCUT2D eigenvalue weighted by atomic mass is 35.5. The van der Waals surface area contributed by atoms with E-state index in [1.807, 2.05) is 6.07 Å². The van der Waals surface area contributed by atoms with Crippen LogP contribution in [0.3, 0.4) is 0 Å². The van der Waals surface area contributed by atoms with E-state index in [1.165, 1.54) is 31.7 Å². The Bertz CT molecular complexity index is 462. The molecule has 1 nitrogen and oxygen atoms in total. The molecule has 1 aromatic carbocycles. The highest BCUT2D eigenvalue weighted by Gasteiger charge is 2.41. The van der Waals surface area contributed by atoms with Gasteiger partial charge in [0.15, 0.2) is 0 Å². The second-order valence-corrected chi connectivity index (χ2v) is 6.66. The lowest BCUT2D eigenvalue weighted by atomic mass is 9.84. The molecule has 0 spiro atoms. The smallest absolute Gasteiger partial charge is 0.141 e. The predicted molar refractivity (Wildman–Crippen MR) is 76.6 cm³/mol. The van der Waals surface area contributed by atoms with Crippen molar-refractivity contribution in [2.45, 2.75) is 45.2 Å². The average Bonchev–Trinajstić information content (AvgIpc) is 3.02. The molecular weight excluding hydrogens is 261 g/mol. The van der Waals surface area contributed by atoms with Gasteiger partial charge in [-0.1, -0.05) is 24.1 Å². The van der Waals surface area contributed by atoms with Crippen LogP contribution in [0.1, 0.15) is 38.2 Å². The summed E-state index contributed by atoms with van der Waals surface area (Å²) in [5.41, 5.74) is 1.06. The zero-order valence-electron chi connectivity index (χ0n) is 11.3. The molecule has 4 unspecified atom stereocenters. The van der Waals surface area contributed by atoms with Crippen LogP contribution in [0.4, 0.5) is 4.39 Å². The summed E-state index contributed by atoms with van der Waals surface area (Å²) in [6.45, 7) is 3.06. The summed E-state index contributed by atoms with van der Waals surface area (Å²) in [4.78, 5) is 0. The van der Waals surface area contributed by atoms with Gasteiger partial charge in [-0.2, -0.15) is 0 Å². The summed E-state index contributed by atoms with van der Waals surface area (Å²) in [7, 11) is 0. The largest absolute Gasteiger partial charge is 0.310 e. The monoisotopic (exact) mass is 281 g/mol. The molecule has 2 aliphatic carbocycles. The van der Waals surface area contributed by atoms with Gasteiger partial charge in [-0.05, 0) is 61.6 Å². The number of benzene rings is 1. The Morgan fingerprint density at radius 1 is 1.37 bits per heavy atom. The molecule has 2 bridgehead atoms. The van der Waals surface area contributed by atoms with E-state index in [2.05, 4.69) is 12.2 Å². The molecule has 0 aromatic heterocycles. The maximum Gasteiger partial charge on any atom is 0.141 e. The highest BCUT2D eigenvalue weighted by molar-refractivity contribution is 6.30. The van der Waals surface area contributed by atoms with Crippen molar-refractivity contribution in [1.29, 1.82) is 0 Å². The van der Waals surface area contributed by atoms with Crippen molar-refractivity contribution in [3.8, 4) is 0 Å². The first-order chi connectivity index (χ1) is 9.13. The molecule has 19 heavy (non-hydrogen) atoms. The number of rotatable bonds is 4. The zero-order valence-corrected chi connectivity index (χ0v) is 12.1. The minimum atomic E-state index is -0.341. The molecule has 0 heterocycles. The van der Waals surface area contributed by atoms with Gasteiger partial charge in [-0.15, -0.1) is 0 Å².